The predicted molar refractivity (Wildman–Crippen MR) is 138 cm³/mol. The number of amides is 2. The van der Waals surface area contributed by atoms with Crippen LogP contribution in [-0.4, -0.2) is 48.0 Å². The van der Waals surface area contributed by atoms with Crippen LogP contribution in [0, 0.1) is 0 Å². The number of hydrogen-bond donors (Lipinski definition) is 2. The first-order valence-corrected chi connectivity index (χ1v) is 11.7. The van der Waals surface area contributed by atoms with Gasteiger partial charge in [-0.25, -0.2) is 0 Å². The summed E-state index contributed by atoms with van der Waals surface area (Å²) in [5.41, 5.74) is 2.14. The first-order chi connectivity index (χ1) is 15.9. The normalized spacial score (nSPS) is 13.6. The van der Waals surface area contributed by atoms with E-state index in [0.29, 0.717) is 35.8 Å². The molecule has 0 spiro atoms. The zero-order valence-electron chi connectivity index (χ0n) is 18.3. The lowest BCUT2D eigenvalue weighted by Gasteiger charge is -2.36. The van der Waals surface area contributed by atoms with Gasteiger partial charge < -0.3 is 15.1 Å². The van der Waals surface area contributed by atoms with Crippen molar-refractivity contribution in [2.24, 2.45) is 0 Å². The molecule has 1 fully saturated rings. The van der Waals surface area contributed by atoms with Crippen LogP contribution in [-0.2, 0) is 4.79 Å². The number of thiocarbonyl (C=S) groups is 1. The lowest BCUT2D eigenvalue weighted by molar-refractivity contribution is -0.131. The minimum atomic E-state index is -0.277. The highest BCUT2D eigenvalue weighted by molar-refractivity contribution is 7.80. The lowest BCUT2D eigenvalue weighted by atomic mass is 10.1. The van der Waals surface area contributed by atoms with Gasteiger partial charge in [-0.15, -0.1) is 0 Å². The molecule has 2 N–H and O–H groups in total. The fourth-order valence-electron chi connectivity index (χ4n) is 3.93. The molecule has 0 unspecified atom stereocenters. The van der Waals surface area contributed by atoms with E-state index >= 15 is 0 Å². The standard InChI is InChI=1S/C25H25ClN4O2S/c1-2-23(31)30-13-11-29(12-14-30)22-10-9-20(16-21(22)26)27-25(33)28-24(32)19-8-7-17-5-3-4-6-18(17)15-19/h3-10,15-16H,2,11-14H2,1H3,(H2,27,28,32,33). The van der Waals surface area contributed by atoms with Crippen molar-refractivity contribution in [3.63, 3.8) is 0 Å². The fourth-order valence-corrected chi connectivity index (χ4v) is 4.44. The van der Waals surface area contributed by atoms with Crippen molar-refractivity contribution in [1.82, 2.24) is 10.2 Å². The Kier molecular flexibility index (Phi) is 7.11. The number of benzene rings is 3. The predicted octanol–water partition coefficient (Wildman–Crippen LogP) is 4.68. The van der Waals surface area contributed by atoms with Crippen LogP contribution in [0.25, 0.3) is 10.8 Å². The fraction of sp³-hybridized carbons (Fsp3) is 0.240. The van der Waals surface area contributed by atoms with Crippen LogP contribution in [0.3, 0.4) is 0 Å². The van der Waals surface area contributed by atoms with E-state index in [1.54, 1.807) is 12.1 Å². The summed E-state index contributed by atoms with van der Waals surface area (Å²) in [5.74, 6) is -0.0972. The average Bonchev–Trinajstić information content (AvgIpc) is 2.83. The van der Waals surface area contributed by atoms with Gasteiger partial charge in [0.15, 0.2) is 5.11 Å². The van der Waals surface area contributed by atoms with Gasteiger partial charge in [-0.05, 0) is 53.3 Å². The van der Waals surface area contributed by atoms with Crippen LogP contribution >= 0.6 is 23.8 Å². The van der Waals surface area contributed by atoms with Crippen molar-refractivity contribution in [3.8, 4) is 0 Å². The molecule has 2 amide bonds. The van der Waals surface area contributed by atoms with Gasteiger partial charge in [0.05, 0.1) is 10.7 Å². The molecule has 0 aromatic heterocycles. The highest BCUT2D eigenvalue weighted by Gasteiger charge is 2.21. The Bertz CT molecular complexity index is 1210. The number of halogens is 1. The van der Waals surface area contributed by atoms with Crippen LogP contribution in [0.5, 0.6) is 0 Å². The SMILES string of the molecule is CCC(=O)N1CCN(c2ccc(NC(=S)NC(=O)c3ccc4ccccc4c3)cc2Cl)CC1. The molecule has 1 heterocycles. The van der Waals surface area contributed by atoms with Crippen molar-refractivity contribution in [2.45, 2.75) is 13.3 Å². The molecule has 0 aliphatic carbocycles. The topological polar surface area (TPSA) is 64.7 Å². The molecule has 4 rings (SSSR count). The van der Waals surface area contributed by atoms with E-state index in [2.05, 4.69) is 15.5 Å². The molecule has 170 valence electrons. The second kappa shape index (κ2) is 10.2. The Hall–Kier alpha value is -3.16. The van der Waals surface area contributed by atoms with Crippen LogP contribution in [0.15, 0.2) is 60.7 Å². The second-order valence-corrected chi connectivity index (χ2v) is 8.67. The zero-order chi connectivity index (χ0) is 23.4. The smallest absolute Gasteiger partial charge is 0.257 e. The van der Waals surface area contributed by atoms with Gasteiger partial charge in [0.2, 0.25) is 5.91 Å². The van der Waals surface area contributed by atoms with E-state index in [0.717, 1.165) is 29.5 Å². The van der Waals surface area contributed by atoms with Gasteiger partial charge in [0, 0.05) is 43.9 Å². The highest BCUT2D eigenvalue weighted by atomic mass is 35.5. The van der Waals surface area contributed by atoms with Crippen molar-refractivity contribution in [2.75, 3.05) is 36.4 Å². The van der Waals surface area contributed by atoms with Crippen LogP contribution < -0.4 is 15.5 Å². The van der Waals surface area contributed by atoms with Gasteiger partial charge in [0.1, 0.15) is 0 Å². The molecule has 1 saturated heterocycles. The number of fused-ring (bicyclic) bond motifs is 1. The van der Waals surface area contributed by atoms with Gasteiger partial charge in [-0.1, -0.05) is 48.9 Å². The third-order valence-electron chi connectivity index (χ3n) is 5.72. The summed E-state index contributed by atoms with van der Waals surface area (Å²) in [6.45, 7) is 4.73. The molecule has 6 nitrogen and oxygen atoms in total. The summed E-state index contributed by atoms with van der Waals surface area (Å²) in [5, 5.41) is 8.59. The lowest BCUT2D eigenvalue weighted by Crippen LogP contribution is -2.48. The Labute approximate surface area is 203 Å². The van der Waals surface area contributed by atoms with Crippen molar-refractivity contribution < 1.29 is 9.59 Å². The monoisotopic (exact) mass is 480 g/mol. The number of carbonyl (C=O) groups is 2. The maximum atomic E-state index is 12.6. The van der Waals surface area contributed by atoms with Gasteiger partial charge >= 0.3 is 0 Å². The maximum Gasteiger partial charge on any atom is 0.257 e. The largest absolute Gasteiger partial charge is 0.367 e. The number of rotatable bonds is 4. The Morgan fingerprint density at radius 2 is 1.70 bits per heavy atom. The molecular formula is C25H25ClN4O2S. The molecule has 3 aromatic rings. The van der Waals surface area contributed by atoms with E-state index < -0.39 is 0 Å². The molecule has 3 aromatic carbocycles. The van der Waals surface area contributed by atoms with E-state index in [9.17, 15) is 9.59 Å². The average molecular weight is 481 g/mol. The molecule has 0 atom stereocenters. The van der Waals surface area contributed by atoms with Crippen molar-refractivity contribution in [1.29, 1.82) is 0 Å². The minimum Gasteiger partial charge on any atom is -0.367 e. The summed E-state index contributed by atoms with van der Waals surface area (Å²) in [4.78, 5) is 28.6. The van der Waals surface area contributed by atoms with E-state index in [-0.39, 0.29) is 16.9 Å². The molecule has 33 heavy (non-hydrogen) atoms. The highest BCUT2D eigenvalue weighted by Crippen LogP contribution is 2.29. The number of piperazine rings is 1. The zero-order valence-corrected chi connectivity index (χ0v) is 19.9. The summed E-state index contributed by atoms with van der Waals surface area (Å²) >= 11 is 11.9. The number of carbonyl (C=O) groups excluding carboxylic acids is 2. The molecule has 0 bridgehead atoms. The van der Waals surface area contributed by atoms with Gasteiger partial charge in [-0.3, -0.25) is 14.9 Å². The summed E-state index contributed by atoms with van der Waals surface area (Å²) in [7, 11) is 0. The third-order valence-corrected chi connectivity index (χ3v) is 6.23. The number of anilines is 2. The third kappa shape index (κ3) is 5.43. The Morgan fingerprint density at radius 3 is 2.39 bits per heavy atom. The Balaban J connectivity index is 1.36. The van der Waals surface area contributed by atoms with Gasteiger partial charge in [-0.2, -0.15) is 0 Å². The summed E-state index contributed by atoms with van der Waals surface area (Å²) in [6, 6.07) is 19.0. The number of hydrogen-bond acceptors (Lipinski definition) is 4. The van der Waals surface area contributed by atoms with Crippen LogP contribution in [0.4, 0.5) is 11.4 Å². The molecule has 0 saturated carbocycles. The van der Waals surface area contributed by atoms with Crippen LogP contribution in [0.1, 0.15) is 23.7 Å². The molecule has 1 aliphatic heterocycles. The first-order valence-electron chi connectivity index (χ1n) is 10.9. The molecule has 1 aliphatic rings. The summed E-state index contributed by atoms with van der Waals surface area (Å²) in [6.07, 6.45) is 0.526. The van der Waals surface area contributed by atoms with Crippen molar-refractivity contribution >= 4 is 62.9 Å². The first kappa shape index (κ1) is 23.0. The van der Waals surface area contributed by atoms with Crippen LogP contribution in [0.2, 0.25) is 5.02 Å². The van der Waals surface area contributed by atoms with E-state index in [1.165, 1.54) is 0 Å². The molecule has 0 radical (unpaired) electrons. The van der Waals surface area contributed by atoms with E-state index in [1.807, 2.05) is 60.4 Å². The quantitative estimate of drug-likeness (QED) is 0.531. The van der Waals surface area contributed by atoms with Crippen molar-refractivity contribution in [3.05, 3.63) is 71.2 Å². The number of nitrogens with one attached hydrogen (secondary N) is 2. The van der Waals surface area contributed by atoms with Gasteiger partial charge in [0.25, 0.3) is 5.91 Å². The maximum absolute atomic E-state index is 12.6. The number of nitrogens with zero attached hydrogens (tertiary/aromatic N) is 2. The van der Waals surface area contributed by atoms with E-state index in [4.69, 9.17) is 23.8 Å². The summed E-state index contributed by atoms with van der Waals surface area (Å²) < 4.78 is 0. The molecule has 8 heteroatoms. The Morgan fingerprint density at radius 1 is 0.970 bits per heavy atom. The minimum absolute atomic E-state index is 0.180. The second-order valence-electron chi connectivity index (χ2n) is 7.86. The molecular weight excluding hydrogens is 456 g/mol.